The maximum absolute atomic E-state index is 9.95. The second kappa shape index (κ2) is 2.35. The first-order valence-electron chi connectivity index (χ1n) is 2.40. The Morgan fingerprint density at radius 1 is 1.89 bits per heavy atom. The van der Waals surface area contributed by atoms with Crippen LogP contribution in [0.4, 0.5) is 5.69 Å². The van der Waals surface area contributed by atoms with Crippen LogP contribution in [0, 0.1) is 6.26 Å². The average molecular weight is 123 g/mol. The van der Waals surface area contributed by atoms with Gasteiger partial charge < -0.3 is 9.32 Å². The summed E-state index contributed by atoms with van der Waals surface area (Å²) in [6.07, 6.45) is 5.54. The van der Waals surface area contributed by atoms with E-state index in [4.69, 9.17) is 0 Å². The van der Waals surface area contributed by atoms with Crippen LogP contribution < -0.4 is 4.90 Å². The summed E-state index contributed by atoms with van der Waals surface area (Å²) < 4.78 is 4.59. The lowest BCUT2D eigenvalue weighted by molar-refractivity contribution is 0.550. The van der Waals surface area contributed by atoms with E-state index in [0.717, 1.165) is 0 Å². The Bertz CT molecular complexity index is 181. The summed E-state index contributed by atoms with van der Waals surface area (Å²) in [5.41, 5.74) is 0.657. The van der Waals surface area contributed by atoms with Crippen LogP contribution in [0.3, 0.4) is 0 Å². The first kappa shape index (κ1) is 5.88. The van der Waals surface area contributed by atoms with Crippen molar-refractivity contribution < 1.29 is 9.21 Å². The molecular weight excluding hydrogens is 118 g/mol. The highest BCUT2D eigenvalue weighted by atomic mass is 16.3. The fourth-order valence-corrected chi connectivity index (χ4v) is 0.451. The smallest absolute Gasteiger partial charge is 0.316 e. The zero-order valence-electron chi connectivity index (χ0n) is 4.92. The molecule has 3 heteroatoms. The Hall–Kier alpha value is -1.25. The molecule has 0 atom stereocenters. The number of rotatable bonds is 2. The van der Waals surface area contributed by atoms with Gasteiger partial charge in [-0.15, -0.1) is 0 Å². The van der Waals surface area contributed by atoms with Crippen molar-refractivity contribution in [1.82, 2.24) is 0 Å². The van der Waals surface area contributed by atoms with E-state index in [1.54, 1.807) is 19.5 Å². The molecule has 46 valence electrons. The summed E-state index contributed by atoms with van der Waals surface area (Å²) in [5, 5.41) is 0. The van der Waals surface area contributed by atoms with Crippen LogP contribution in [-0.4, -0.2) is 13.5 Å². The maximum Gasteiger partial charge on any atom is 0.316 e. The average Bonchev–Trinajstić information content (AvgIpc) is 2.37. The van der Waals surface area contributed by atoms with Crippen molar-refractivity contribution in [2.24, 2.45) is 0 Å². The van der Waals surface area contributed by atoms with E-state index >= 15 is 0 Å². The number of hydrogen-bond acceptors (Lipinski definition) is 2. The molecule has 0 bridgehead atoms. The van der Waals surface area contributed by atoms with Crippen LogP contribution in [0.5, 0.6) is 0 Å². The van der Waals surface area contributed by atoms with Crippen LogP contribution in [0.15, 0.2) is 16.7 Å². The number of furan rings is 1. The fraction of sp³-hybridized carbons (Fsp3) is 0.167. The van der Waals surface area contributed by atoms with Crippen LogP contribution in [-0.2, 0) is 4.79 Å². The zero-order valence-corrected chi connectivity index (χ0v) is 4.92. The minimum atomic E-state index is 0.657. The van der Waals surface area contributed by atoms with E-state index in [1.165, 1.54) is 11.2 Å². The first-order valence-corrected chi connectivity index (χ1v) is 2.40. The van der Waals surface area contributed by atoms with E-state index in [1.807, 2.05) is 0 Å². The minimum Gasteiger partial charge on any atom is -0.459 e. The quantitative estimate of drug-likeness (QED) is 0.539. The zero-order chi connectivity index (χ0) is 6.69. The molecule has 3 nitrogen and oxygen atoms in total. The highest BCUT2D eigenvalue weighted by Crippen LogP contribution is 2.08. The van der Waals surface area contributed by atoms with E-state index in [2.05, 4.69) is 10.7 Å². The van der Waals surface area contributed by atoms with Gasteiger partial charge in [-0.3, -0.25) is 4.79 Å². The van der Waals surface area contributed by atoms with Crippen molar-refractivity contribution in [3.05, 3.63) is 18.6 Å². The third kappa shape index (κ3) is 1.10. The predicted molar refractivity (Wildman–Crippen MR) is 31.6 cm³/mol. The maximum atomic E-state index is 9.95. The second-order valence-electron chi connectivity index (χ2n) is 1.57. The van der Waals surface area contributed by atoms with Gasteiger partial charge >= 0.3 is 6.41 Å². The fourth-order valence-electron chi connectivity index (χ4n) is 0.451. The summed E-state index contributed by atoms with van der Waals surface area (Å²) in [7, 11) is 1.59. The van der Waals surface area contributed by atoms with Gasteiger partial charge in [0.25, 0.3) is 0 Å². The predicted octanol–water partition coefficient (Wildman–Crippen LogP) is 0.583. The topological polar surface area (TPSA) is 33.5 Å². The number of nitrogens with zero attached hydrogens (tertiary/aromatic N) is 1. The van der Waals surface area contributed by atoms with Crippen molar-refractivity contribution in [2.45, 2.75) is 0 Å². The molecule has 2 radical (unpaired) electrons. The Labute approximate surface area is 52.9 Å². The van der Waals surface area contributed by atoms with E-state index < -0.39 is 0 Å². The van der Waals surface area contributed by atoms with Gasteiger partial charge in [-0.2, -0.15) is 0 Å². The normalized spacial score (nSPS) is 9.00. The van der Waals surface area contributed by atoms with E-state index in [9.17, 15) is 4.79 Å². The molecule has 1 aromatic rings. The summed E-state index contributed by atoms with van der Waals surface area (Å²) >= 11 is 0. The second-order valence-corrected chi connectivity index (χ2v) is 1.57. The third-order valence-corrected chi connectivity index (χ3v) is 0.979. The number of anilines is 1. The van der Waals surface area contributed by atoms with Crippen molar-refractivity contribution >= 4 is 12.1 Å². The molecule has 0 aliphatic carbocycles. The molecule has 1 amide bonds. The monoisotopic (exact) mass is 123 g/mol. The molecule has 1 aromatic heterocycles. The summed E-state index contributed by atoms with van der Waals surface area (Å²) in [6, 6.07) is 1.56. The van der Waals surface area contributed by atoms with Crippen molar-refractivity contribution in [3.63, 3.8) is 0 Å². The SMILES string of the molecule is CN([C]=O)c1c[c]oc1. The highest BCUT2D eigenvalue weighted by molar-refractivity contribution is 5.73. The lowest BCUT2D eigenvalue weighted by Gasteiger charge is -2.02. The number of hydrogen-bond donors (Lipinski definition) is 0. The largest absolute Gasteiger partial charge is 0.459 e. The van der Waals surface area contributed by atoms with Gasteiger partial charge in [0.1, 0.15) is 6.26 Å². The molecule has 0 spiro atoms. The van der Waals surface area contributed by atoms with Gasteiger partial charge in [0.15, 0.2) is 6.26 Å². The lowest BCUT2D eigenvalue weighted by Crippen LogP contribution is -2.12. The molecule has 0 aliphatic heterocycles. The molecule has 0 saturated carbocycles. The Balaban J connectivity index is 2.76. The Kier molecular flexibility index (Phi) is 1.53. The van der Waals surface area contributed by atoms with E-state index in [0.29, 0.717) is 5.69 Å². The van der Waals surface area contributed by atoms with Gasteiger partial charge in [-0.25, -0.2) is 0 Å². The van der Waals surface area contributed by atoms with Gasteiger partial charge in [0.05, 0.1) is 5.69 Å². The molecule has 0 aromatic carbocycles. The summed E-state index contributed by atoms with van der Waals surface area (Å²) in [4.78, 5) is 11.2. The van der Waals surface area contributed by atoms with Crippen LogP contribution >= 0.6 is 0 Å². The number of amides is 1. The van der Waals surface area contributed by atoms with Crippen LogP contribution in [0.2, 0.25) is 0 Å². The van der Waals surface area contributed by atoms with Gasteiger partial charge in [-0.05, 0) is 0 Å². The molecule has 1 rings (SSSR count). The highest BCUT2D eigenvalue weighted by Gasteiger charge is 1.98. The molecule has 0 saturated heterocycles. The van der Waals surface area contributed by atoms with Gasteiger partial charge in [0, 0.05) is 13.1 Å². The molecule has 9 heavy (non-hydrogen) atoms. The Morgan fingerprint density at radius 3 is 3.11 bits per heavy atom. The summed E-state index contributed by atoms with van der Waals surface area (Å²) in [5.74, 6) is 0. The molecule has 0 unspecified atom stereocenters. The first-order chi connectivity index (χ1) is 4.34. The lowest BCUT2D eigenvalue weighted by atomic mass is 10.5. The molecule has 1 heterocycles. The Morgan fingerprint density at radius 2 is 2.67 bits per heavy atom. The molecule has 0 fully saturated rings. The van der Waals surface area contributed by atoms with Crippen LogP contribution in [0.25, 0.3) is 0 Å². The molecule has 0 aliphatic rings. The van der Waals surface area contributed by atoms with Crippen LogP contribution in [0.1, 0.15) is 0 Å². The standard InChI is InChI=1S/C6H5NO2/c1-7(5-8)6-2-3-9-4-6/h2,4H,1H3. The van der Waals surface area contributed by atoms with Crippen molar-refractivity contribution in [2.75, 3.05) is 11.9 Å². The summed E-state index contributed by atoms with van der Waals surface area (Å²) in [6.45, 7) is 0. The number of carbonyl (C=O) groups excluding carboxylic acids is 1. The van der Waals surface area contributed by atoms with Crippen molar-refractivity contribution in [3.8, 4) is 0 Å². The van der Waals surface area contributed by atoms with E-state index in [-0.39, 0.29) is 0 Å². The van der Waals surface area contributed by atoms with Gasteiger partial charge in [0.2, 0.25) is 0 Å². The van der Waals surface area contributed by atoms with Crippen molar-refractivity contribution in [1.29, 1.82) is 0 Å². The molecule has 0 N–H and O–H groups in total. The molecular formula is C6H5NO2. The third-order valence-electron chi connectivity index (χ3n) is 0.979. The minimum absolute atomic E-state index is 0.657. The van der Waals surface area contributed by atoms with Gasteiger partial charge in [-0.1, -0.05) is 0 Å².